The maximum atomic E-state index is 14.5. The number of halogens is 1. The molecular formula is C37H42FN3O5S. The Kier molecular flexibility index (Phi) is 11.4. The van der Waals surface area contributed by atoms with E-state index in [4.69, 9.17) is 4.74 Å². The van der Waals surface area contributed by atoms with Crippen LogP contribution in [0.2, 0.25) is 0 Å². The second kappa shape index (κ2) is 15.3. The van der Waals surface area contributed by atoms with Crippen molar-refractivity contribution in [3.05, 3.63) is 126 Å². The van der Waals surface area contributed by atoms with Crippen LogP contribution in [0.3, 0.4) is 0 Å². The highest BCUT2D eigenvalue weighted by Gasteiger charge is 2.35. The highest BCUT2D eigenvalue weighted by molar-refractivity contribution is 7.92. The highest BCUT2D eigenvalue weighted by atomic mass is 32.2. The van der Waals surface area contributed by atoms with E-state index in [0.29, 0.717) is 17.9 Å². The van der Waals surface area contributed by atoms with Crippen molar-refractivity contribution in [1.29, 1.82) is 0 Å². The summed E-state index contributed by atoms with van der Waals surface area (Å²) in [6.07, 6.45) is 0.170. The lowest BCUT2D eigenvalue weighted by Gasteiger charge is -2.35. The van der Waals surface area contributed by atoms with Gasteiger partial charge in [-0.1, -0.05) is 60.2 Å². The standard InChI is InChI=1S/C37H42FN3O5S/c1-6-46-32-20-18-31(19-21-32)41(47(44,45)33-22-12-27(2)13-23-33)26-35(42)40(25-29-14-16-30(38)17-15-29)34(36(43)39-37(3,4)5)24-28-10-8-7-9-11-28/h7-23,34H,6,24-26H2,1-5H3,(H,39,43)/t34-/m1/s1. The average Bonchev–Trinajstić information content (AvgIpc) is 3.03. The van der Waals surface area contributed by atoms with Crippen molar-refractivity contribution in [2.24, 2.45) is 0 Å². The molecule has 1 atom stereocenters. The summed E-state index contributed by atoms with van der Waals surface area (Å²) in [5.41, 5.74) is 1.92. The molecule has 0 bridgehead atoms. The number of carbonyl (C=O) groups excluding carboxylic acids is 2. The van der Waals surface area contributed by atoms with Crippen LogP contribution in [0, 0.1) is 12.7 Å². The predicted molar refractivity (Wildman–Crippen MR) is 182 cm³/mol. The van der Waals surface area contributed by atoms with E-state index >= 15 is 0 Å². The first-order chi connectivity index (χ1) is 22.3. The summed E-state index contributed by atoms with van der Waals surface area (Å²) in [4.78, 5) is 29.9. The number of anilines is 1. The Labute approximate surface area is 277 Å². The molecule has 0 saturated heterocycles. The number of amides is 2. The van der Waals surface area contributed by atoms with Crippen LogP contribution in [0.1, 0.15) is 44.4 Å². The lowest BCUT2D eigenvalue weighted by atomic mass is 10.0. The Balaban J connectivity index is 1.81. The summed E-state index contributed by atoms with van der Waals surface area (Å²) in [5.74, 6) is -0.895. The Morgan fingerprint density at radius 3 is 2.04 bits per heavy atom. The van der Waals surface area contributed by atoms with Crippen molar-refractivity contribution in [2.75, 3.05) is 17.5 Å². The third kappa shape index (κ3) is 9.65. The van der Waals surface area contributed by atoms with Crippen LogP contribution in [0.5, 0.6) is 5.75 Å². The number of hydrogen-bond acceptors (Lipinski definition) is 5. The largest absolute Gasteiger partial charge is 0.494 e. The highest BCUT2D eigenvalue weighted by Crippen LogP contribution is 2.27. The molecule has 8 nitrogen and oxygen atoms in total. The van der Waals surface area contributed by atoms with Gasteiger partial charge in [0.05, 0.1) is 17.2 Å². The van der Waals surface area contributed by atoms with Crippen LogP contribution < -0.4 is 14.4 Å². The number of rotatable bonds is 13. The van der Waals surface area contributed by atoms with Gasteiger partial charge in [0.25, 0.3) is 10.0 Å². The number of nitrogens with one attached hydrogen (secondary N) is 1. The molecule has 0 heterocycles. The van der Waals surface area contributed by atoms with Crippen LogP contribution in [0.25, 0.3) is 0 Å². The van der Waals surface area contributed by atoms with E-state index in [1.165, 1.54) is 29.2 Å². The molecule has 2 amide bonds. The normalized spacial score (nSPS) is 12.2. The van der Waals surface area contributed by atoms with Gasteiger partial charge in [0.2, 0.25) is 11.8 Å². The van der Waals surface area contributed by atoms with Gasteiger partial charge >= 0.3 is 0 Å². The van der Waals surface area contributed by atoms with Crippen LogP contribution in [0.15, 0.2) is 108 Å². The third-order valence-corrected chi connectivity index (χ3v) is 9.15. The fourth-order valence-electron chi connectivity index (χ4n) is 5.03. The van der Waals surface area contributed by atoms with Gasteiger partial charge in [-0.15, -0.1) is 0 Å². The first-order valence-electron chi connectivity index (χ1n) is 15.5. The molecule has 0 radical (unpaired) electrons. The van der Waals surface area contributed by atoms with Crippen molar-refractivity contribution >= 4 is 27.5 Å². The lowest BCUT2D eigenvalue weighted by molar-refractivity contribution is -0.140. The Bertz CT molecular complexity index is 1740. The summed E-state index contributed by atoms with van der Waals surface area (Å²) < 4.78 is 48.9. The number of sulfonamides is 1. The maximum Gasteiger partial charge on any atom is 0.264 e. The predicted octanol–water partition coefficient (Wildman–Crippen LogP) is 6.28. The molecule has 248 valence electrons. The van der Waals surface area contributed by atoms with E-state index in [-0.39, 0.29) is 23.5 Å². The second-order valence-electron chi connectivity index (χ2n) is 12.3. The van der Waals surface area contributed by atoms with Gasteiger partial charge in [0.15, 0.2) is 0 Å². The third-order valence-electron chi connectivity index (χ3n) is 7.36. The summed E-state index contributed by atoms with van der Waals surface area (Å²) in [7, 11) is -4.24. The van der Waals surface area contributed by atoms with E-state index < -0.39 is 45.8 Å². The number of benzene rings is 4. The fraction of sp³-hybridized carbons (Fsp3) is 0.297. The van der Waals surface area contributed by atoms with E-state index in [0.717, 1.165) is 15.4 Å². The first kappa shape index (κ1) is 35.2. The van der Waals surface area contributed by atoms with Crippen LogP contribution in [-0.4, -0.2) is 49.9 Å². The van der Waals surface area contributed by atoms with Crippen LogP contribution in [0.4, 0.5) is 10.1 Å². The minimum Gasteiger partial charge on any atom is -0.494 e. The minimum absolute atomic E-state index is 0.0150. The van der Waals surface area contributed by atoms with Crippen LogP contribution in [-0.2, 0) is 32.6 Å². The molecule has 0 spiro atoms. The molecule has 0 aliphatic heterocycles. The van der Waals surface area contributed by atoms with E-state index in [9.17, 15) is 22.4 Å². The Morgan fingerprint density at radius 1 is 0.851 bits per heavy atom. The summed E-state index contributed by atoms with van der Waals surface area (Å²) >= 11 is 0. The topological polar surface area (TPSA) is 96.0 Å². The molecule has 0 saturated carbocycles. The average molecular weight is 660 g/mol. The number of carbonyl (C=O) groups is 2. The van der Waals surface area contributed by atoms with Gasteiger partial charge in [0, 0.05) is 18.5 Å². The van der Waals surface area contributed by atoms with Gasteiger partial charge < -0.3 is 15.0 Å². The van der Waals surface area contributed by atoms with Crippen molar-refractivity contribution in [3.63, 3.8) is 0 Å². The fourth-order valence-corrected chi connectivity index (χ4v) is 6.45. The zero-order valence-corrected chi connectivity index (χ0v) is 28.3. The molecule has 4 aromatic rings. The quantitative estimate of drug-likeness (QED) is 0.182. The maximum absolute atomic E-state index is 14.5. The molecule has 0 unspecified atom stereocenters. The number of nitrogens with zero attached hydrogens (tertiary/aromatic N) is 2. The smallest absolute Gasteiger partial charge is 0.264 e. The molecule has 0 aromatic heterocycles. The summed E-state index contributed by atoms with van der Waals surface area (Å²) in [6, 6.07) is 26.8. The van der Waals surface area contributed by atoms with Gasteiger partial charge in [-0.3, -0.25) is 13.9 Å². The SMILES string of the molecule is CCOc1ccc(N(CC(=O)N(Cc2ccc(F)cc2)[C@H](Cc2ccccc2)C(=O)NC(C)(C)C)S(=O)(=O)c2ccc(C)cc2)cc1. The molecule has 4 rings (SSSR count). The number of aryl methyl sites for hydroxylation is 1. The van der Waals surface area contributed by atoms with E-state index in [1.807, 2.05) is 65.0 Å². The second-order valence-corrected chi connectivity index (χ2v) is 14.2. The van der Waals surface area contributed by atoms with Crippen molar-refractivity contribution in [3.8, 4) is 5.75 Å². The van der Waals surface area contributed by atoms with Gasteiger partial charge in [-0.25, -0.2) is 12.8 Å². The monoisotopic (exact) mass is 659 g/mol. The van der Waals surface area contributed by atoms with Gasteiger partial charge in [0.1, 0.15) is 24.2 Å². The minimum atomic E-state index is -4.24. The van der Waals surface area contributed by atoms with E-state index in [2.05, 4.69) is 5.32 Å². The van der Waals surface area contributed by atoms with Crippen molar-refractivity contribution < 1.29 is 27.1 Å². The van der Waals surface area contributed by atoms with Gasteiger partial charge in [-0.05, 0) is 94.3 Å². The molecule has 0 aliphatic carbocycles. The molecule has 0 fully saturated rings. The number of ether oxygens (including phenoxy) is 1. The lowest BCUT2D eigenvalue weighted by Crippen LogP contribution is -2.56. The van der Waals surface area contributed by atoms with Crippen molar-refractivity contribution in [1.82, 2.24) is 10.2 Å². The Hall–Kier alpha value is -4.70. The molecular weight excluding hydrogens is 617 g/mol. The summed E-state index contributed by atoms with van der Waals surface area (Å²) in [6.45, 7) is 9.01. The zero-order chi connectivity index (χ0) is 34.2. The van der Waals surface area contributed by atoms with E-state index in [1.54, 1.807) is 48.5 Å². The molecule has 4 aromatic carbocycles. The molecule has 47 heavy (non-hydrogen) atoms. The van der Waals surface area contributed by atoms with Crippen LogP contribution >= 0.6 is 0 Å². The van der Waals surface area contributed by atoms with Crippen molar-refractivity contribution in [2.45, 2.75) is 64.1 Å². The molecule has 10 heteroatoms. The molecule has 1 N–H and O–H groups in total. The first-order valence-corrected chi connectivity index (χ1v) is 16.9. The zero-order valence-electron chi connectivity index (χ0n) is 27.4. The molecule has 0 aliphatic rings. The number of hydrogen-bond donors (Lipinski definition) is 1. The van der Waals surface area contributed by atoms with Gasteiger partial charge in [-0.2, -0.15) is 0 Å². The summed E-state index contributed by atoms with van der Waals surface area (Å²) in [5, 5.41) is 3.00. The Morgan fingerprint density at radius 2 is 1.47 bits per heavy atom.